The maximum Gasteiger partial charge on any atom is 0.278 e. The van der Waals surface area contributed by atoms with Gasteiger partial charge in [-0.2, -0.15) is 5.10 Å². The van der Waals surface area contributed by atoms with Gasteiger partial charge in [-0.1, -0.05) is 47.5 Å². The third-order valence-electron chi connectivity index (χ3n) is 21.9. The second-order valence-corrected chi connectivity index (χ2v) is 31.1. The largest absolute Gasteiger partial charge is 0.494 e. The average molecular weight is 1660 g/mol. The molecule has 0 spiro atoms. The number of carbonyl (C=O) groups excluding carboxylic acids is 4. The number of nitrogens with one attached hydrogen (secondary N) is 9. The fourth-order valence-corrected chi connectivity index (χ4v) is 15.2. The van der Waals surface area contributed by atoms with Crippen molar-refractivity contribution in [2.75, 3.05) is 151 Å². The van der Waals surface area contributed by atoms with Crippen LogP contribution in [0.3, 0.4) is 0 Å². The number of piperidine rings is 4. The first-order valence-electron chi connectivity index (χ1n) is 39.9. The molecule has 8 aromatic heterocycles. The normalized spacial score (nSPS) is 15.6. The molecule has 4 saturated heterocycles. The summed E-state index contributed by atoms with van der Waals surface area (Å²) >= 11 is 12.4. The number of carbonyl (C=O) groups is 4. The lowest BCUT2D eigenvalue weighted by Gasteiger charge is -2.29. The number of fused-ring (bicyclic) bond motifs is 3. The summed E-state index contributed by atoms with van der Waals surface area (Å²) < 4.78 is 21.6. The highest BCUT2D eigenvalue weighted by Gasteiger charge is 2.27. The van der Waals surface area contributed by atoms with Gasteiger partial charge in [-0.05, 0) is 209 Å². The number of aromatic amines is 1. The molecule has 0 unspecified atom stereocenters. The van der Waals surface area contributed by atoms with Crippen molar-refractivity contribution in [2.24, 2.45) is 23.7 Å². The van der Waals surface area contributed by atoms with Gasteiger partial charge in [0.1, 0.15) is 18.5 Å². The van der Waals surface area contributed by atoms with Crippen LogP contribution >= 0.6 is 23.2 Å². The van der Waals surface area contributed by atoms with Gasteiger partial charge in [0.25, 0.3) is 23.6 Å². The van der Waals surface area contributed by atoms with Crippen LogP contribution in [0.1, 0.15) is 116 Å². The van der Waals surface area contributed by atoms with Gasteiger partial charge in [-0.15, -0.1) is 0 Å². The molecule has 32 nitrogen and oxygen atoms in total. The van der Waals surface area contributed by atoms with E-state index in [0.717, 1.165) is 168 Å². The molecule has 0 atom stereocenters. The minimum Gasteiger partial charge on any atom is -0.494 e. The molecule has 11 aromatic rings. The Hall–Kier alpha value is -12.0. The lowest BCUT2D eigenvalue weighted by molar-refractivity contribution is 0.0938. The lowest BCUT2D eigenvalue weighted by atomic mass is 9.97. The van der Waals surface area contributed by atoms with E-state index in [1.807, 2.05) is 54.6 Å². The van der Waals surface area contributed by atoms with Gasteiger partial charge in [-0.25, -0.2) is 58.9 Å². The van der Waals surface area contributed by atoms with E-state index in [1.54, 1.807) is 43.2 Å². The molecule has 0 bridgehead atoms. The summed E-state index contributed by atoms with van der Waals surface area (Å²) in [6.07, 6.45) is 31.9. The van der Waals surface area contributed by atoms with Crippen LogP contribution in [-0.2, 0) is 19.5 Å². The van der Waals surface area contributed by atoms with E-state index in [1.165, 1.54) is 61.5 Å². The number of ether oxygens (including phenoxy) is 1. The van der Waals surface area contributed by atoms with Gasteiger partial charge in [-0.3, -0.25) is 24.2 Å². The van der Waals surface area contributed by atoms with Crippen LogP contribution in [0.4, 0.5) is 44.9 Å². The van der Waals surface area contributed by atoms with Crippen molar-refractivity contribution >= 4 is 114 Å². The number of nitrogens with zero attached hydrogens (tertiary/aromatic N) is 17. The molecule has 3 aromatic carbocycles. The van der Waals surface area contributed by atoms with Crippen molar-refractivity contribution in [3.63, 3.8) is 0 Å². The zero-order valence-electron chi connectivity index (χ0n) is 67.3. The molecule has 4 amide bonds. The van der Waals surface area contributed by atoms with Crippen molar-refractivity contribution in [2.45, 2.75) is 70.9 Å². The van der Waals surface area contributed by atoms with E-state index in [4.69, 9.17) is 33.7 Å². The molecule has 622 valence electrons. The Labute approximate surface area is 699 Å². The Morgan fingerprint density at radius 3 is 1.54 bits per heavy atom. The summed E-state index contributed by atoms with van der Waals surface area (Å²) in [7, 11) is 9.94. The molecule has 0 saturated carbocycles. The average Bonchev–Trinajstić information content (AvgIpc) is 1.79. The van der Waals surface area contributed by atoms with Gasteiger partial charge >= 0.3 is 0 Å². The number of likely N-dealkylation sites (tertiary alicyclic amines) is 4. The predicted molar refractivity (Wildman–Crippen MR) is 460 cm³/mol. The van der Waals surface area contributed by atoms with E-state index >= 15 is 4.39 Å². The van der Waals surface area contributed by atoms with Crippen molar-refractivity contribution in [3.05, 3.63) is 204 Å². The molecule has 4 aliphatic heterocycles. The number of hydrogen-bond donors (Lipinski definition) is 10. The predicted octanol–water partition coefficient (Wildman–Crippen LogP) is 10.8. The molecule has 0 radical (unpaired) electrons. The summed E-state index contributed by atoms with van der Waals surface area (Å²) in [6, 6.07) is 18.4. The van der Waals surface area contributed by atoms with Gasteiger partial charge in [0, 0.05) is 140 Å². The van der Waals surface area contributed by atoms with Crippen LogP contribution in [0, 0.1) is 29.5 Å². The quantitative estimate of drug-likeness (QED) is 0.0269. The van der Waals surface area contributed by atoms with Crippen LogP contribution in [0.15, 0.2) is 148 Å². The third-order valence-corrected chi connectivity index (χ3v) is 22.6. The van der Waals surface area contributed by atoms with Crippen LogP contribution in [0.5, 0.6) is 5.75 Å². The molecule has 119 heavy (non-hydrogen) atoms. The summed E-state index contributed by atoms with van der Waals surface area (Å²) in [5.41, 5.74) is 12.5. The number of methoxy groups -OCH3 is 1. The van der Waals surface area contributed by atoms with E-state index in [-0.39, 0.29) is 52.7 Å². The second kappa shape index (κ2) is 41.4. The highest BCUT2D eigenvalue weighted by Crippen LogP contribution is 2.34. The molecule has 16 rings (SSSR count). The van der Waals surface area contributed by atoms with Crippen molar-refractivity contribution < 1.29 is 28.3 Å². The van der Waals surface area contributed by atoms with E-state index in [0.29, 0.717) is 98.7 Å². The van der Waals surface area contributed by atoms with Crippen LogP contribution < -0.4 is 53.0 Å². The number of hydrogen-bond acceptors (Lipinski definition) is 26. The number of pyridine rings is 2. The van der Waals surface area contributed by atoms with Gasteiger partial charge < -0.3 is 77.6 Å². The van der Waals surface area contributed by atoms with Crippen molar-refractivity contribution in [3.8, 4) is 11.4 Å². The van der Waals surface area contributed by atoms with Crippen LogP contribution in [-0.4, -0.2) is 227 Å². The van der Waals surface area contributed by atoms with Crippen molar-refractivity contribution in [1.29, 1.82) is 0 Å². The monoisotopic (exact) mass is 1660 g/mol. The number of benzene rings is 3. The first-order valence-corrected chi connectivity index (χ1v) is 40.7. The summed E-state index contributed by atoms with van der Waals surface area (Å²) in [4.78, 5) is 110. The molecule has 11 N–H and O–H groups in total. The van der Waals surface area contributed by atoms with Gasteiger partial charge in [0.2, 0.25) is 0 Å². The number of aromatic nitrogens is 14. The molecule has 1 aliphatic carbocycles. The molecule has 12 heterocycles. The minimum absolute atomic E-state index is 0.0723. The third kappa shape index (κ3) is 22.8. The highest BCUT2D eigenvalue weighted by molar-refractivity contribution is 6.49. The Balaban J connectivity index is 0.000000138. The Morgan fingerprint density at radius 1 is 0.555 bits per heavy atom. The van der Waals surface area contributed by atoms with Crippen LogP contribution in [0.25, 0.3) is 32.4 Å². The number of rotatable bonds is 24. The highest BCUT2D eigenvalue weighted by atomic mass is 35.5. The van der Waals surface area contributed by atoms with Crippen LogP contribution in [0.2, 0.25) is 5.02 Å². The Bertz CT molecular complexity index is 5300. The first-order chi connectivity index (χ1) is 57.9. The molecular weight excluding hydrogens is 1560 g/mol. The zero-order valence-corrected chi connectivity index (χ0v) is 68.8. The lowest BCUT2D eigenvalue weighted by Crippen LogP contribution is -2.33. The van der Waals surface area contributed by atoms with Gasteiger partial charge in [0.15, 0.2) is 57.6 Å². The number of nitrogens with two attached hydrogens (primary N) is 1. The van der Waals surface area contributed by atoms with Crippen molar-refractivity contribution in [1.82, 2.24) is 99.8 Å². The van der Waals surface area contributed by atoms with E-state index in [2.05, 4.69) is 155 Å². The van der Waals surface area contributed by atoms with E-state index < -0.39 is 11.7 Å². The standard InChI is InChI=1S/C22H27FN8O2.C22H27N7O.2C20H23ClN6O/c1-30-9-5-15(6-10-30)11-27-21-20(25-7-8-26-21)22(32)28-12-16-17(31-14-24-13-29-31)3-4-18(33-2)19(16)23;1-29-10-5-15(6-11-29)13-27-21-19(24-8-9-26-21)22(30)28-14-16-2-3-17-4-7-25-20(23)18(17)12-16;1-27-8-4-13(5-9-27)11-25-19-18(22-6-7-23-19)20(28)26-14-10-15-16(21)2-3-17(15)24-12-14;1-27-9-5-13(6-10-27)11-25-19-18(22-7-8-23-19)20(28)26-16-4-2-3-15-17(16)14(21)12-24-15/h3-4,7-8,13-15H,5-6,9-12H2,1-2H3,(H,26,27)(H,28,32);2-4,7-9,12,15H,5-6,10-11,13-14H2,1H3,(H2,23,25)(H,26,27)(H,28,30);2,6-7,10,12-13H,3-5,8-9,11H2,1H3,(H,23,25)(H,26,28);2-4,7-8,12-13,24H,5-6,9-11H2,1H3,(H,23,25)(H,26,28). The summed E-state index contributed by atoms with van der Waals surface area (Å²) in [6.45, 7) is 12.1. The maximum absolute atomic E-state index is 15.0. The first kappa shape index (κ1) is 84.9. The summed E-state index contributed by atoms with van der Waals surface area (Å²) in [5.74, 6) is 2.81. The number of halogens is 3. The van der Waals surface area contributed by atoms with E-state index in [9.17, 15) is 19.2 Å². The van der Waals surface area contributed by atoms with Gasteiger partial charge in [0.05, 0.1) is 41.1 Å². The SMILES string of the molecule is CN1CCC(CNc2nccnc2C(=O)NCc2ccc3ccnc(N)c3c2)CC1.CN1CCC(CNc2nccnc2C(=O)Nc2cccc3[nH]cc(Cl)c23)CC1.CN1CCC(CNc2nccnc2C(=O)Nc2cnc3c(c2)C(Cl)=CC3)CC1.COc1ccc(-n2cncn2)c(CNC(=O)c2nccnc2NCC2CCN(C)CC2)c1F. The molecule has 35 heteroatoms. The minimum atomic E-state index is -0.578. The fraction of sp³-hybridized carbons (Fsp3) is 0.381. The maximum atomic E-state index is 15.0. The molecule has 5 aliphatic rings. The number of anilines is 7. The second-order valence-electron chi connectivity index (χ2n) is 30.3. The number of amides is 4. The number of H-pyrrole nitrogens is 1. The topological polar surface area (TPSA) is 388 Å². The zero-order chi connectivity index (χ0) is 83.2. The number of nitrogen functional groups attached to an aromatic ring is 1. The Kier molecular flexibility index (Phi) is 29.5. The molecule has 4 fully saturated rings. The fourth-order valence-electron chi connectivity index (χ4n) is 14.7. The molecular formula is C84H100Cl2FN27O5. The number of allylic oxidation sites excluding steroid dienone is 1. The smallest absolute Gasteiger partial charge is 0.278 e. The summed E-state index contributed by atoms with van der Waals surface area (Å²) in [5, 5.41) is 32.7. The Morgan fingerprint density at radius 2 is 1.04 bits per heavy atom.